The fraction of sp³-hybridized carbons (Fsp3) is 0.611. The lowest BCUT2D eigenvalue weighted by molar-refractivity contribution is 0.0702. The second kappa shape index (κ2) is 14.6. The lowest BCUT2D eigenvalue weighted by atomic mass is 10.3. The molecular weight excluding hydrogens is 527 g/mol. The van der Waals surface area contributed by atoms with Gasteiger partial charge in [0.2, 0.25) is 10.0 Å². The van der Waals surface area contributed by atoms with E-state index in [9.17, 15) is 8.42 Å². The molecule has 0 aliphatic carbocycles. The van der Waals surface area contributed by atoms with Crippen molar-refractivity contribution in [3.05, 3.63) is 18.2 Å². The first-order chi connectivity index (χ1) is 14.0. The third kappa shape index (κ3) is 11.2. The summed E-state index contributed by atoms with van der Waals surface area (Å²) < 4.78 is 44.0. The van der Waals surface area contributed by atoms with Gasteiger partial charge in [0.1, 0.15) is 0 Å². The van der Waals surface area contributed by atoms with E-state index in [1.807, 2.05) is 18.2 Å². The molecule has 30 heavy (non-hydrogen) atoms. The first kappa shape index (κ1) is 26.7. The van der Waals surface area contributed by atoms with Crippen LogP contribution < -0.4 is 25.2 Å². The molecule has 1 aliphatic heterocycles. The Morgan fingerprint density at radius 2 is 1.97 bits per heavy atom. The Bertz CT molecular complexity index is 763. The molecule has 0 radical (unpaired) electrons. The van der Waals surface area contributed by atoms with Crippen molar-refractivity contribution in [1.82, 2.24) is 5.32 Å². The van der Waals surface area contributed by atoms with Gasteiger partial charge in [0.25, 0.3) is 0 Å². The first-order valence-electron chi connectivity index (χ1n) is 9.50. The summed E-state index contributed by atoms with van der Waals surface area (Å²) in [7, 11) is -1.94. The van der Waals surface area contributed by atoms with Crippen LogP contribution in [-0.2, 0) is 19.5 Å². The van der Waals surface area contributed by atoms with Crippen molar-refractivity contribution in [2.24, 2.45) is 10.1 Å². The standard InChI is InChI=1S/C18H30N4O6S.HI/c1-25-11-12-26-8-2-6-20-18(21-7-13-29(19,23)24)22-15-4-5-16-17(14-15)28-10-3-9-27-16;/h4-5,14H,2-3,6-13H2,1H3,(H2,19,23,24)(H2,20,21,22);1H. The number of methoxy groups -OCH3 is 1. The molecule has 0 amide bonds. The maximum Gasteiger partial charge on any atom is 0.210 e. The van der Waals surface area contributed by atoms with Crippen LogP contribution in [0.1, 0.15) is 12.8 Å². The molecular formula is C18H31IN4O6S. The molecule has 0 aromatic heterocycles. The molecule has 4 N–H and O–H groups in total. The summed E-state index contributed by atoms with van der Waals surface area (Å²) >= 11 is 0. The lowest BCUT2D eigenvalue weighted by Crippen LogP contribution is -2.36. The normalized spacial score (nSPS) is 13.9. The Morgan fingerprint density at radius 3 is 2.70 bits per heavy atom. The highest BCUT2D eigenvalue weighted by molar-refractivity contribution is 14.0. The van der Waals surface area contributed by atoms with Crippen LogP contribution in [0.4, 0.5) is 5.69 Å². The summed E-state index contributed by atoms with van der Waals surface area (Å²) in [6.45, 7) is 3.49. The number of nitrogens with zero attached hydrogens (tertiary/aromatic N) is 1. The number of rotatable bonds is 11. The zero-order valence-electron chi connectivity index (χ0n) is 17.1. The number of benzene rings is 1. The van der Waals surface area contributed by atoms with Crippen LogP contribution in [0.15, 0.2) is 23.2 Å². The number of aliphatic imine (C=N–C) groups is 1. The maximum absolute atomic E-state index is 11.2. The number of fused-ring (bicyclic) bond motifs is 1. The van der Waals surface area contributed by atoms with Crippen molar-refractivity contribution < 1.29 is 27.4 Å². The average Bonchev–Trinajstić information content (AvgIpc) is 2.91. The number of hydrogen-bond donors (Lipinski definition) is 3. The Hall–Kier alpha value is -1.35. The molecule has 0 fully saturated rings. The minimum atomic E-state index is -3.56. The third-order valence-electron chi connectivity index (χ3n) is 3.84. The van der Waals surface area contributed by atoms with Gasteiger partial charge < -0.3 is 29.6 Å². The smallest absolute Gasteiger partial charge is 0.210 e. The predicted octanol–water partition coefficient (Wildman–Crippen LogP) is 1.17. The minimum absolute atomic E-state index is 0. The molecule has 10 nitrogen and oxygen atoms in total. The highest BCUT2D eigenvalue weighted by Crippen LogP contribution is 2.32. The molecule has 1 aromatic carbocycles. The quantitative estimate of drug-likeness (QED) is 0.160. The summed E-state index contributed by atoms with van der Waals surface area (Å²) in [4.78, 5) is 4.46. The number of nitrogens with two attached hydrogens (primary N) is 1. The van der Waals surface area contributed by atoms with Crippen LogP contribution in [0.3, 0.4) is 0 Å². The second-order valence-corrected chi connectivity index (χ2v) is 8.05. The van der Waals surface area contributed by atoms with Crippen LogP contribution >= 0.6 is 24.0 Å². The van der Waals surface area contributed by atoms with Crippen LogP contribution in [-0.4, -0.2) is 73.4 Å². The number of anilines is 1. The van der Waals surface area contributed by atoms with Crippen molar-refractivity contribution in [1.29, 1.82) is 0 Å². The molecule has 0 saturated carbocycles. The van der Waals surface area contributed by atoms with E-state index < -0.39 is 10.0 Å². The summed E-state index contributed by atoms with van der Waals surface area (Å²) in [5, 5.41) is 11.2. The molecule has 0 spiro atoms. The topological polar surface area (TPSA) is 134 Å². The van der Waals surface area contributed by atoms with Gasteiger partial charge in [-0.1, -0.05) is 0 Å². The molecule has 1 heterocycles. The van der Waals surface area contributed by atoms with Crippen molar-refractivity contribution >= 4 is 45.6 Å². The molecule has 1 aliphatic rings. The fourth-order valence-corrected chi connectivity index (χ4v) is 2.82. The van der Waals surface area contributed by atoms with E-state index in [0.717, 1.165) is 12.1 Å². The largest absolute Gasteiger partial charge is 0.490 e. The SMILES string of the molecule is COCCOCCCN=C(NCCS(N)(=O)=O)Nc1ccc2c(c1)OCCCO2.I. The molecule has 0 atom stereocenters. The van der Waals surface area contributed by atoms with Crippen molar-refractivity contribution in [2.75, 3.05) is 64.3 Å². The Morgan fingerprint density at radius 1 is 1.20 bits per heavy atom. The number of primary sulfonamides is 1. The van der Waals surface area contributed by atoms with Crippen molar-refractivity contribution in [3.8, 4) is 11.5 Å². The van der Waals surface area contributed by atoms with Crippen LogP contribution in [0.5, 0.6) is 11.5 Å². The van der Waals surface area contributed by atoms with Gasteiger partial charge in [-0.25, -0.2) is 13.6 Å². The van der Waals surface area contributed by atoms with E-state index in [4.69, 9.17) is 24.1 Å². The lowest BCUT2D eigenvalue weighted by Gasteiger charge is -2.14. The van der Waals surface area contributed by atoms with E-state index in [2.05, 4.69) is 15.6 Å². The number of ether oxygens (including phenoxy) is 4. The summed E-state index contributed by atoms with van der Waals surface area (Å²) in [5.74, 6) is 1.60. The van der Waals surface area contributed by atoms with Gasteiger partial charge in [0.15, 0.2) is 17.5 Å². The number of halogens is 1. The number of hydrogen-bond acceptors (Lipinski definition) is 7. The molecule has 0 bridgehead atoms. The molecule has 12 heteroatoms. The highest BCUT2D eigenvalue weighted by Gasteiger charge is 2.12. The molecule has 0 unspecified atom stereocenters. The highest BCUT2D eigenvalue weighted by atomic mass is 127. The Balaban J connectivity index is 0.00000450. The number of nitrogens with one attached hydrogen (secondary N) is 2. The third-order valence-corrected chi connectivity index (χ3v) is 4.61. The minimum Gasteiger partial charge on any atom is -0.490 e. The monoisotopic (exact) mass is 558 g/mol. The van der Waals surface area contributed by atoms with Gasteiger partial charge in [-0.3, -0.25) is 4.99 Å². The van der Waals surface area contributed by atoms with Crippen molar-refractivity contribution in [2.45, 2.75) is 12.8 Å². The maximum atomic E-state index is 11.2. The zero-order chi connectivity index (χ0) is 21.0. The summed E-state index contributed by atoms with van der Waals surface area (Å²) in [6, 6.07) is 5.50. The van der Waals surface area contributed by atoms with Gasteiger partial charge in [-0.2, -0.15) is 0 Å². The van der Waals surface area contributed by atoms with Gasteiger partial charge in [0, 0.05) is 45.0 Å². The van der Waals surface area contributed by atoms with Gasteiger partial charge in [0.05, 0.1) is 32.2 Å². The van der Waals surface area contributed by atoms with E-state index in [1.54, 1.807) is 7.11 Å². The van der Waals surface area contributed by atoms with E-state index in [1.165, 1.54) is 0 Å². The molecule has 172 valence electrons. The number of sulfonamides is 1. The van der Waals surface area contributed by atoms with E-state index in [0.29, 0.717) is 63.5 Å². The summed E-state index contributed by atoms with van der Waals surface area (Å²) in [5.41, 5.74) is 0.743. The zero-order valence-corrected chi connectivity index (χ0v) is 20.2. The Kier molecular flexibility index (Phi) is 13.0. The number of guanidine groups is 1. The predicted molar refractivity (Wildman–Crippen MR) is 127 cm³/mol. The van der Waals surface area contributed by atoms with E-state index in [-0.39, 0.29) is 36.3 Å². The fourth-order valence-electron chi connectivity index (χ4n) is 2.43. The Labute approximate surface area is 194 Å². The average molecular weight is 558 g/mol. The summed E-state index contributed by atoms with van der Waals surface area (Å²) in [6.07, 6.45) is 1.54. The van der Waals surface area contributed by atoms with E-state index >= 15 is 0 Å². The van der Waals surface area contributed by atoms with Crippen LogP contribution in [0.2, 0.25) is 0 Å². The van der Waals surface area contributed by atoms with Gasteiger partial charge in [-0.15, -0.1) is 24.0 Å². The van der Waals surface area contributed by atoms with Crippen molar-refractivity contribution in [3.63, 3.8) is 0 Å². The molecule has 1 aromatic rings. The van der Waals surface area contributed by atoms with Gasteiger partial charge >= 0.3 is 0 Å². The van der Waals surface area contributed by atoms with Gasteiger partial charge in [-0.05, 0) is 18.6 Å². The van der Waals surface area contributed by atoms with Crippen LogP contribution in [0, 0.1) is 0 Å². The molecule has 0 saturated heterocycles. The van der Waals surface area contributed by atoms with Crippen LogP contribution in [0.25, 0.3) is 0 Å². The first-order valence-corrected chi connectivity index (χ1v) is 11.2. The second-order valence-electron chi connectivity index (χ2n) is 6.32. The molecule has 2 rings (SSSR count).